The summed E-state index contributed by atoms with van der Waals surface area (Å²) in [6.45, 7) is 2.13. The Bertz CT molecular complexity index is 1040. The number of halogens is 1. The number of ether oxygens (including phenoxy) is 1. The van der Waals surface area contributed by atoms with Crippen molar-refractivity contribution in [2.75, 3.05) is 0 Å². The second-order valence-corrected chi connectivity index (χ2v) is 9.01. The molecule has 3 heterocycles. The van der Waals surface area contributed by atoms with Crippen LogP contribution < -0.4 is 4.74 Å². The molecule has 126 valence electrons. The zero-order valence-electron chi connectivity index (χ0n) is 13.8. The topological polar surface area (TPSA) is 31.2 Å². The number of hydrogen-bond acceptors (Lipinski definition) is 3. The second kappa shape index (κ2) is 5.39. The number of nitrogens with zero attached hydrogens (tertiary/aromatic N) is 1. The molecule has 5 rings (SSSR count). The minimum Gasteiger partial charge on any atom is -0.426 e. The fourth-order valence-corrected chi connectivity index (χ4v) is 6.02. The average molecular weight is 414 g/mol. The van der Waals surface area contributed by atoms with Crippen LogP contribution in [0, 0.1) is 5.92 Å². The van der Waals surface area contributed by atoms with Crippen molar-refractivity contribution in [1.82, 2.24) is 4.57 Å². The summed E-state index contributed by atoms with van der Waals surface area (Å²) in [5, 5.41) is 2.66. The number of benzene rings is 2. The van der Waals surface area contributed by atoms with Gasteiger partial charge in [-0.3, -0.25) is 4.79 Å². The zero-order valence-corrected chi connectivity index (χ0v) is 16.2. The highest BCUT2D eigenvalue weighted by molar-refractivity contribution is 9.10. The Morgan fingerprint density at radius 3 is 2.84 bits per heavy atom. The smallest absolute Gasteiger partial charge is 0.316 e. The number of aryl methyl sites for hydroxylation is 1. The van der Waals surface area contributed by atoms with Gasteiger partial charge in [0.25, 0.3) is 0 Å². The summed E-state index contributed by atoms with van der Waals surface area (Å²) in [5.41, 5.74) is 3.58. The van der Waals surface area contributed by atoms with E-state index in [0.717, 1.165) is 10.0 Å². The van der Waals surface area contributed by atoms with E-state index in [0.29, 0.717) is 5.75 Å². The quantitative estimate of drug-likeness (QED) is 0.379. The highest BCUT2D eigenvalue weighted by atomic mass is 79.9. The zero-order chi connectivity index (χ0) is 17.3. The monoisotopic (exact) mass is 413 g/mol. The van der Waals surface area contributed by atoms with Crippen LogP contribution in [0.25, 0.3) is 10.9 Å². The van der Waals surface area contributed by atoms with Crippen LogP contribution in [0.15, 0.2) is 52.0 Å². The fourth-order valence-electron chi connectivity index (χ4n) is 4.25. The van der Waals surface area contributed by atoms with Gasteiger partial charge in [0.1, 0.15) is 5.75 Å². The van der Waals surface area contributed by atoms with Crippen molar-refractivity contribution >= 4 is 44.6 Å². The number of aromatic nitrogens is 1. The molecule has 0 saturated heterocycles. The molecule has 2 aliphatic heterocycles. The van der Waals surface area contributed by atoms with Crippen LogP contribution in [0.4, 0.5) is 0 Å². The third-order valence-corrected chi connectivity index (χ3v) is 7.23. The first-order valence-electron chi connectivity index (χ1n) is 8.31. The molecule has 0 N–H and O–H groups in total. The number of carbonyl (C=O) groups is 1. The van der Waals surface area contributed by atoms with E-state index in [4.69, 9.17) is 4.74 Å². The van der Waals surface area contributed by atoms with Crippen molar-refractivity contribution in [3.05, 3.63) is 58.1 Å². The third-order valence-electron chi connectivity index (χ3n) is 5.35. The van der Waals surface area contributed by atoms with E-state index in [2.05, 4.69) is 64.8 Å². The van der Waals surface area contributed by atoms with E-state index in [-0.39, 0.29) is 23.1 Å². The number of esters is 1. The summed E-state index contributed by atoms with van der Waals surface area (Å²) in [6.07, 6.45) is 0. The van der Waals surface area contributed by atoms with Crippen molar-refractivity contribution in [1.29, 1.82) is 0 Å². The highest BCUT2D eigenvalue weighted by Crippen LogP contribution is 2.55. The largest absolute Gasteiger partial charge is 0.426 e. The number of carbonyl (C=O) groups excluding carboxylic acids is 1. The van der Waals surface area contributed by atoms with E-state index in [1.54, 1.807) is 11.8 Å². The molecular weight excluding hydrogens is 398 g/mol. The number of fused-ring (bicyclic) bond motifs is 7. The van der Waals surface area contributed by atoms with E-state index in [9.17, 15) is 4.79 Å². The lowest BCUT2D eigenvalue weighted by Gasteiger charge is -2.39. The molecule has 0 fully saturated rings. The van der Waals surface area contributed by atoms with Crippen LogP contribution in [0.1, 0.15) is 24.0 Å². The SMILES string of the molecule is C[C@H]1Sc2c(c3ccccc3n2C)[C@@H]2c3cc(Br)ccc3OC(=O)[C@@H]21. The number of para-hydroxylation sites is 1. The maximum absolute atomic E-state index is 12.8. The van der Waals surface area contributed by atoms with Crippen molar-refractivity contribution in [3.63, 3.8) is 0 Å². The molecule has 2 aliphatic rings. The van der Waals surface area contributed by atoms with E-state index >= 15 is 0 Å². The molecule has 25 heavy (non-hydrogen) atoms. The van der Waals surface area contributed by atoms with Crippen LogP contribution >= 0.6 is 27.7 Å². The Hall–Kier alpha value is -1.72. The maximum atomic E-state index is 12.8. The first-order chi connectivity index (χ1) is 12.1. The first kappa shape index (κ1) is 15.5. The predicted molar refractivity (Wildman–Crippen MR) is 103 cm³/mol. The molecule has 3 nitrogen and oxygen atoms in total. The lowest BCUT2D eigenvalue weighted by atomic mass is 9.77. The molecule has 0 unspecified atom stereocenters. The van der Waals surface area contributed by atoms with Crippen molar-refractivity contribution in [2.24, 2.45) is 13.0 Å². The summed E-state index contributed by atoms with van der Waals surface area (Å²) in [4.78, 5) is 12.8. The van der Waals surface area contributed by atoms with Gasteiger partial charge in [0, 0.05) is 44.7 Å². The molecule has 0 spiro atoms. The van der Waals surface area contributed by atoms with Gasteiger partial charge in [0.05, 0.1) is 10.9 Å². The van der Waals surface area contributed by atoms with Crippen molar-refractivity contribution in [3.8, 4) is 5.75 Å². The standard InChI is InChI=1S/C20H16BrNO2S/c1-10-16-17(13-9-11(21)7-8-15(13)24-20(16)23)18-12-5-3-4-6-14(12)22(2)19(18)25-10/h3-10,16-17H,1-2H3/t10-,16-,17-/m1/s1. The summed E-state index contributed by atoms with van der Waals surface area (Å²) in [5.74, 6) is 0.446. The van der Waals surface area contributed by atoms with Crippen LogP contribution in [0.5, 0.6) is 5.75 Å². The Balaban J connectivity index is 1.88. The second-order valence-electron chi connectivity index (χ2n) is 6.72. The first-order valence-corrected chi connectivity index (χ1v) is 9.98. The molecule has 0 radical (unpaired) electrons. The third kappa shape index (κ3) is 2.09. The van der Waals surface area contributed by atoms with Gasteiger partial charge < -0.3 is 9.30 Å². The molecule has 1 aromatic heterocycles. The molecule has 0 saturated carbocycles. The summed E-state index contributed by atoms with van der Waals surface area (Å²) in [7, 11) is 2.12. The van der Waals surface area contributed by atoms with Gasteiger partial charge in [-0.25, -0.2) is 0 Å². The Morgan fingerprint density at radius 2 is 2.00 bits per heavy atom. The molecule has 0 aliphatic carbocycles. The Kier molecular flexibility index (Phi) is 3.35. The molecule has 2 aromatic carbocycles. The molecular formula is C20H16BrNO2S. The molecule has 0 bridgehead atoms. The van der Waals surface area contributed by atoms with Gasteiger partial charge in [-0.15, -0.1) is 11.8 Å². The van der Waals surface area contributed by atoms with Crippen molar-refractivity contribution in [2.45, 2.75) is 23.1 Å². The van der Waals surface area contributed by atoms with Gasteiger partial charge in [0.15, 0.2) is 0 Å². The molecule has 3 atom stereocenters. The normalized spacial score (nSPS) is 24.4. The van der Waals surface area contributed by atoms with E-state index < -0.39 is 0 Å². The average Bonchev–Trinajstić information content (AvgIpc) is 2.88. The van der Waals surface area contributed by atoms with Crippen LogP contribution in [-0.4, -0.2) is 15.8 Å². The van der Waals surface area contributed by atoms with Crippen LogP contribution in [0.3, 0.4) is 0 Å². The number of hydrogen-bond donors (Lipinski definition) is 0. The lowest BCUT2D eigenvalue weighted by molar-refractivity contribution is -0.140. The van der Waals surface area contributed by atoms with Crippen molar-refractivity contribution < 1.29 is 9.53 Å². The van der Waals surface area contributed by atoms with E-state index in [1.807, 2.05) is 12.1 Å². The molecule has 5 heteroatoms. The Morgan fingerprint density at radius 1 is 1.20 bits per heavy atom. The van der Waals surface area contributed by atoms with E-state index in [1.165, 1.54) is 21.5 Å². The molecule has 0 amide bonds. The van der Waals surface area contributed by atoms with Crippen LogP contribution in [-0.2, 0) is 11.8 Å². The van der Waals surface area contributed by atoms with Gasteiger partial charge >= 0.3 is 5.97 Å². The van der Waals surface area contributed by atoms with Gasteiger partial charge in [-0.1, -0.05) is 41.1 Å². The predicted octanol–water partition coefficient (Wildman–Crippen LogP) is 5.10. The summed E-state index contributed by atoms with van der Waals surface area (Å²) >= 11 is 5.36. The minimum atomic E-state index is -0.162. The summed E-state index contributed by atoms with van der Waals surface area (Å²) < 4.78 is 8.95. The fraction of sp³-hybridized carbons (Fsp3) is 0.250. The maximum Gasteiger partial charge on any atom is 0.316 e. The van der Waals surface area contributed by atoms with Gasteiger partial charge in [-0.05, 0) is 24.3 Å². The highest BCUT2D eigenvalue weighted by Gasteiger charge is 2.47. The lowest BCUT2D eigenvalue weighted by Crippen LogP contribution is -2.40. The number of rotatable bonds is 0. The molecule has 3 aromatic rings. The summed E-state index contributed by atoms with van der Waals surface area (Å²) in [6, 6.07) is 14.4. The number of thioether (sulfide) groups is 1. The van der Waals surface area contributed by atoms with Gasteiger partial charge in [-0.2, -0.15) is 0 Å². The van der Waals surface area contributed by atoms with Crippen LogP contribution in [0.2, 0.25) is 0 Å². The Labute approximate surface area is 158 Å². The minimum absolute atomic E-state index is 0.0334. The van der Waals surface area contributed by atoms with Gasteiger partial charge in [0.2, 0.25) is 0 Å².